The van der Waals surface area contributed by atoms with Crippen molar-refractivity contribution in [2.24, 2.45) is 0 Å². The summed E-state index contributed by atoms with van der Waals surface area (Å²) in [6.45, 7) is 5.10. The summed E-state index contributed by atoms with van der Waals surface area (Å²) in [6, 6.07) is 0. The third-order valence-electron chi connectivity index (χ3n) is 0.453. The molecule has 0 bridgehead atoms. The van der Waals surface area contributed by atoms with E-state index in [-0.39, 0.29) is 6.42 Å². The van der Waals surface area contributed by atoms with Crippen LogP contribution in [0, 0.1) is 0 Å². The lowest BCUT2D eigenvalue weighted by Crippen LogP contribution is -1.92. The second-order valence-electron chi connectivity index (χ2n) is 1.53. The van der Waals surface area contributed by atoms with Gasteiger partial charge in [0.25, 0.3) is 0 Å². The molecule has 0 aliphatic rings. The number of aliphatic carboxylic acids is 1. The molecule has 0 aromatic carbocycles. The van der Waals surface area contributed by atoms with Crippen LogP contribution in [0.1, 0.15) is 13.3 Å². The largest absolute Gasteiger partial charge is 0.481 e. The lowest BCUT2D eigenvalue weighted by atomic mass is 10.2. The lowest BCUT2D eigenvalue weighted by Gasteiger charge is -1.86. The van der Waals surface area contributed by atoms with E-state index in [1.54, 1.807) is 6.92 Å². The van der Waals surface area contributed by atoms with Crippen LogP contribution in [-0.4, -0.2) is 11.1 Å². The van der Waals surface area contributed by atoms with E-state index in [4.69, 9.17) is 5.11 Å². The van der Waals surface area contributed by atoms with Gasteiger partial charge in [-0.05, 0) is 6.92 Å². The molecule has 0 atom stereocenters. The highest BCUT2D eigenvalue weighted by molar-refractivity contribution is 5.69. The fourth-order valence-electron chi connectivity index (χ4n) is 0.258. The van der Waals surface area contributed by atoms with E-state index in [2.05, 4.69) is 6.58 Å². The Balaban J connectivity index is 3.32. The van der Waals surface area contributed by atoms with Crippen molar-refractivity contribution in [2.75, 3.05) is 0 Å². The molecule has 0 amide bonds. The van der Waals surface area contributed by atoms with Crippen molar-refractivity contribution in [1.82, 2.24) is 0 Å². The maximum atomic E-state index is 9.75. The minimum Gasteiger partial charge on any atom is -0.481 e. The van der Waals surface area contributed by atoms with E-state index in [0.29, 0.717) is 5.57 Å². The van der Waals surface area contributed by atoms with Crippen LogP contribution in [0.4, 0.5) is 0 Å². The summed E-state index contributed by atoms with van der Waals surface area (Å²) < 4.78 is 0. The Labute approximate surface area is 42.5 Å². The molecular formula is C5H8O2. The van der Waals surface area contributed by atoms with E-state index in [9.17, 15) is 4.79 Å². The van der Waals surface area contributed by atoms with Gasteiger partial charge in [0, 0.05) is 0 Å². The zero-order chi connectivity index (χ0) is 5.86. The molecule has 0 aromatic rings. The molecule has 0 aliphatic carbocycles. The van der Waals surface area contributed by atoms with Crippen molar-refractivity contribution in [3.05, 3.63) is 12.2 Å². The molecule has 0 radical (unpaired) electrons. The highest BCUT2D eigenvalue weighted by Gasteiger charge is 1.92. The minimum atomic E-state index is -0.812. The molecule has 0 aliphatic heterocycles. The Bertz CT molecular complexity index is 82.3. The summed E-state index contributed by atoms with van der Waals surface area (Å²) >= 11 is 0. The van der Waals surface area contributed by atoms with Crippen LogP contribution >= 0.6 is 0 Å². The second kappa shape index (κ2) is 2.39. The number of hydrogen-bond acceptors (Lipinski definition) is 1. The first-order valence-corrected chi connectivity index (χ1v) is 1.99. The van der Waals surface area contributed by atoms with Crippen molar-refractivity contribution in [1.29, 1.82) is 0 Å². The standard InChI is InChI=1S/C5H8O2/c1-4(2)3-5(6)7/h1,3H2,2H3,(H,6,7). The van der Waals surface area contributed by atoms with Crippen molar-refractivity contribution < 1.29 is 9.90 Å². The van der Waals surface area contributed by atoms with E-state index in [1.807, 2.05) is 0 Å². The number of carbonyl (C=O) groups is 1. The molecule has 1 N–H and O–H groups in total. The highest BCUT2D eigenvalue weighted by atomic mass is 16.4. The molecule has 0 unspecified atom stereocenters. The molecule has 40 valence electrons. The molecule has 0 fully saturated rings. The van der Waals surface area contributed by atoms with Gasteiger partial charge in [0.1, 0.15) is 0 Å². The average molecular weight is 100 g/mol. The summed E-state index contributed by atoms with van der Waals surface area (Å²) in [5, 5.41) is 8.02. The molecule has 2 nitrogen and oxygen atoms in total. The number of carboxylic acid groups (broad SMARTS) is 1. The van der Waals surface area contributed by atoms with Gasteiger partial charge in [-0.1, -0.05) is 12.2 Å². The van der Waals surface area contributed by atoms with Gasteiger partial charge in [0.05, 0.1) is 6.42 Å². The summed E-state index contributed by atoms with van der Waals surface area (Å²) in [5.74, 6) is -0.812. The number of carboxylic acids is 1. The predicted molar refractivity (Wildman–Crippen MR) is 27.1 cm³/mol. The Morgan fingerprint density at radius 1 is 1.86 bits per heavy atom. The first-order chi connectivity index (χ1) is 3.13. The SMILES string of the molecule is C=C(C)CC(=O)O. The molecule has 0 rings (SSSR count). The van der Waals surface area contributed by atoms with E-state index >= 15 is 0 Å². The van der Waals surface area contributed by atoms with Gasteiger partial charge in [0.15, 0.2) is 0 Å². The normalized spacial score (nSPS) is 8.14. The lowest BCUT2D eigenvalue weighted by molar-refractivity contribution is -0.136. The molecule has 2 heteroatoms. The summed E-state index contributed by atoms with van der Waals surface area (Å²) in [6.07, 6.45) is 0.0833. The van der Waals surface area contributed by atoms with Gasteiger partial charge in [-0.15, -0.1) is 0 Å². The molecule has 0 heterocycles. The molecular weight excluding hydrogens is 92.1 g/mol. The Hall–Kier alpha value is -0.790. The fourth-order valence-corrected chi connectivity index (χ4v) is 0.258. The van der Waals surface area contributed by atoms with Crippen LogP contribution in [0.25, 0.3) is 0 Å². The molecule has 0 saturated heterocycles. The second-order valence-corrected chi connectivity index (χ2v) is 1.53. The summed E-state index contributed by atoms with van der Waals surface area (Å²) in [5.41, 5.74) is 0.688. The van der Waals surface area contributed by atoms with Crippen LogP contribution in [0.3, 0.4) is 0 Å². The monoisotopic (exact) mass is 100 g/mol. The van der Waals surface area contributed by atoms with Crippen LogP contribution in [0.15, 0.2) is 12.2 Å². The highest BCUT2D eigenvalue weighted by Crippen LogP contribution is 1.92. The van der Waals surface area contributed by atoms with Gasteiger partial charge in [-0.3, -0.25) is 4.79 Å². The maximum absolute atomic E-state index is 9.75. The van der Waals surface area contributed by atoms with Crippen molar-refractivity contribution in [3.63, 3.8) is 0 Å². The Morgan fingerprint density at radius 2 is 2.29 bits per heavy atom. The third-order valence-corrected chi connectivity index (χ3v) is 0.453. The van der Waals surface area contributed by atoms with Crippen LogP contribution in [0.5, 0.6) is 0 Å². The van der Waals surface area contributed by atoms with Crippen molar-refractivity contribution in [2.45, 2.75) is 13.3 Å². The van der Waals surface area contributed by atoms with Crippen molar-refractivity contribution >= 4 is 5.97 Å². The third kappa shape index (κ3) is 5.21. The van der Waals surface area contributed by atoms with Crippen LogP contribution in [0.2, 0.25) is 0 Å². The van der Waals surface area contributed by atoms with Gasteiger partial charge in [-0.25, -0.2) is 0 Å². The Kier molecular flexibility index (Phi) is 2.12. The first-order valence-electron chi connectivity index (χ1n) is 1.99. The molecule has 0 saturated carbocycles. The van der Waals surface area contributed by atoms with E-state index in [1.165, 1.54) is 0 Å². The topological polar surface area (TPSA) is 37.3 Å². The first kappa shape index (κ1) is 6.21. The zero-order valence-corrected chi connectivity index (χ0v) is 4.27. The quantitative estimate of drug-likeness (QED) is 0.526. The van der Waals surface area contributed by atoms with E-state index in [0.717, 1.165) is 0 Å². The van der Waals surface area contributed by atoms with Gasteiger partial charge in [-0.2, -0.15) is 0 Å². The molecule has 0 spiro atoms. The van der Waals surface area contributed by atoms with E-state index < -0.39 is 5.97 Å². The summed E-state index contributed by atoms with van der Waals surface area (Å²) in [4.78, 5) is 9.75. The summed E-state index contributed by atoms with van der Waals surface area (Å²) in [7, 11) is 0. The number of rotatable bonds is 2. The molecule has 0 aromatic heterocycles. The molecule has 7 heavy (non-hydrogen) atoms. The Morgan fingerprint density at radius 3 is 2.29 bits per heavy atom. The fraction of sp³-hybridized carbons (Fsp3) is 0.400. The minimum absolute atomic E-state index is 0.0833. The smallest absolute Gasteiger partial charge is 0.307 e. The maximum Gasteiger partial charge on any atom is 0.307 e. The van der Waals surface area contributed by atoms with Gasteiger partial charge in [0.2, 0.25) is 0 Å². The van der Waals surface area contributed by atoms with Crippen molar-refractivity contribution in [3.8, 4) is 0 Å². The van der Waals surface area contributed by atoms with Gasteiger partial charge < -0.3 is 5.11 Å². The predicted octanol–water partition coefficient (Wildman–Crippen LogP) is 1.04. The van der Waals surface area contributed by atoms with Crippen LogP contribution in [-0.2, 0) is 4.79 Å². The zero-order valence-electron chi connectivity index (χ0n) is 4.27. The number of hydrogen-bond donors (Lipinski definition) is 1. The average Bonchev–Trinajstić information content (AvgIpc) is 1.27. The van der Waals surface area contributed by atoms with Crippen LogP contribution < -0.4 is 0 Å². The van der Waals surface area contributed by atoms with Gasteiger partial charge >= 0.3 is 5.97 Å².